The second-order valence-electron chi connectivity index (χ2n) is 5.87. The minimum absolute atomic E-state index is 0.298. The van der Waals surface area contributed by atoms with Gasteiger partial charge in [0.05, 0.1) is 18.2 Å². The summed E-state index contributed by atoms with van der Waals surface area (Å²) in [5.74, 6) is 0.733. The van der Waals surface area contributed by atoms with Crippen molar-refractivity contribution in [2.45, 2.75) is 51.0 Å². The molecule has 19 heavy (non-hydrogen) atoms. The largest absolute Gasteiger partial charge is 0.381 e. The lowest BCUT2D eigenvalue weighted by molar-refractivity contribution is -0.119. The molecule has 0 bridgehead atoms. The van der Waals surface area contributed by atoms with Gasteiger partial charge in [-0.15, -0.1) is 0 Å². The van der Waals surface area contributed by atoms with Crippen molar-refractivity contribution in [2.75, 3.05) is 13.2 Å². The Morgan fingerprint density at radius 1 is 1.37 bits per heavy atom. The van der Waals surface area contributed by atoms with E-state index in [1.807, 2.05) is 12.3 Å². The van der Waals surface area contributed by atoms with Gasteiger partial charge in [0.1, 0.15) is 5.78 Å². The first kappa shape index (κ1) is 12.9. The quantitative estimate of drug-likeness (QED) is 0.819. The highest BCUT2D eigenvalue weighted by Gasteiger charge is 2.21. The lowest BCUT2D eigenvalue weighted by Crippen LogP contribution is -2.12. The molecule has 1 unspecified atom stereocenters. The third-order valence-corrected chi connectivity index (χ3v) is 4.28. The van der Waals surface area contributed by atoms with Gasteiger partial charge in [0.15, 0.2) is 0 Å². The van der Waals surface area contributed by atoms with Gasteiger partial charge in [-0.2, -0.15) is 5.10 Å². The van der Waals surface area contributed by atoms with Gasteiger partial charge < -0.3 is 4.74 Å². The van der Waals surface area contributed by atoms with Crippen LogP contribution in [0.4, 0.5) is 0 Å². The topological polar surface area (TPSA) is 44.1 Å². The molecule has 0 aromatic carbocycles. The van der Waals surface area contributed by atoms with E-state index < -0.39 is 0 Å². The molecule has 0 spiro atoms. The second kappa shape index (κ2) is 5.87. The van der Waals surface area contributed by atoms with Crippen molar-refractivity contribution in [2.24, 2.45) is 5.92 Å². The van der Waals surface area contributed by atoms with E-state index in [2.05, 4.69) is 9.78 Å². The van der Waals surface area contributed by atoms with Gasteiger partial charge >= 0.3 is 0 Å². The summed E-state index contributed by atoms with van der Waals surface area (Å²) in [5.41, 5.74) is 0.927. The molecule has 1 saturated carbocycles. The zero-order valence-corrected chi connectivity index (χ0v) is 11.4. The molecule has 1 aliphatic carbocycles. The predicted molar refractivity (Wildman–Crippen MR) is 72.0 cm³/mol. The SMILES string of the molecule is O=C(Cc1ccn(C2CCCC2)n1)CC1CCOC1. The molecule has 3 rings (SSSR count). The van der Waals surface area contributed by atoms with Gasteiger partial charge in [0.25, 0.3) is 0 Å². The fraction of sp³-hybridized carbons (Fsp3) is 0.733. The number of carbonyl (C=O) groups is 1. The molecule has 2 aliphatic rings. The Morgan fingerprint density at radius 3 is 2.95 bits per heavy atom. The summed E-state index contributed by atoms with van der Waals surface area (Å²) < 4.78 is 7.37. The minimum Gasteiger partial charge on any atom is -0.381 e. The maximum atomic E-state index is 12.0. The van der Waals surface area contributed by atoms with Crippen LogP contribution < -0.4 is 0 Å². The summed E-state index contributed by atoms with van der Waals surface area (Å²) in [6, 6.07) is 2.56. The van der Waals surface area contributed by atoms with Crippen LogP contribution in [0, 0.1) is 5.92 Å². The van der Waals surface area contributed by atoms with Crippen LogP contribution in [0.1, 0.15) is 50.3 Å². The van der Waals surface area contributed by atoms with E-state index in [0.29, 0.717) is 30.6 Å². The number of hydrogen-bond acceptors (Lipinski definition) is 3. The monoisotopic (exact) mass is 262 g/mol. The molecule has 2 fully saturated rings. The van der Waals surface area contributed by atoms with Crippen LogP contribution in [-0.4, -0.2) is 28.8 Å². The van der Waals surface area contributed by atoms with Gasteiger partial charge in [-0.3, -0.25) is 9.48 Å². The lowest BCUT2D eigenvalue weighted by Gasteiger charge is -2.09. The van der Waals surface area contributed by atoms with Crippen LogP contribution in [0.3, 0.4) is 0 Å². The van der Waals surface area contributed by atoms with Crippen molar-refractivity contribution < 1.29 is 9.53 Å². The maximum Gasteiger partial charge on any atom is 0.139 e. The van der Waals surface area contributed by atoms with Crippen molar-refractivity contribution in [3.8, 4) is 0 Å². The van der Waals surface area contributed by atoms with Gasteiger partial charge in [-0.1, -0.05) is 12.8 Å². The smallest absolute Gasteiger partial charge is 0.139 e. The van der Waals surface area contributed by atoms with Crippen LogP contribution in [0.5, 0.6) is 0 Å². The number of Topliss-reactive ketones (excluding diaryl/α,β-unsaturated/α-hetero) is 1. The lowest BCUT2D eigenvalue weighted by atomic mass is 10.00. The number of ketones is 1. The average Bonchev–Trinajstić information content (AvgIpc) is 3.09. The van der Waals surface area contributed by atoms with E-state index in [0.717, 1.165) is 25.3 Å². The summed E-state index contributed by atoms with van der Waals surface area (Å²) in [4.78, 5) is 12.0. The molecule has 1 atom stereocenters. The number of carbonyl (C=O) groups excluding carboxylic acids is 1. The van der Waals surface area contributed by atoms with Crippen LogP contribution in [0.25, 0.3) is 0 Å². The molecule has 0 amide bonds. The Balaban J connectivity index is 1.52. The van der Waals surface area contributed by atoms with Crippen molar-refractivity contribution in [3.05, 3.63) is 18.0 Å². The summed E-state index contributed by atoms with van der Waals surface area (Å²) in [7, 11) is 0. The fourth-order valence-electron chi connectivity index (χ4n) is 3.18. The first-order valence-electron chi connectivity index (χ1n) is 7.45. The highest BCUT2D eigenvalue weighted by Crippen LogP contribution is 2.28. The Hall–Kier alpha value is -1.16. The number of nitrogens with zero attached hydrogens (tertiary/aromatic N) is 2. The molecule has 104 valence electrons. The molecule has 4 nitrogen and oxygen atoms in total. The van der Waals surface area contributed by atoms with Gasteiger partial charge in [-0.25, -0.2) is 0 Å². The number of ether oxygens (including phenoxy) is 1. The molecule has 4 heteroatoms. The minimum atomic E-state index is 0.298. The summed E-state index contributed by atoms with van der Waals surface area (Å²) in [5, 5.41) is 4.57. The Labute approximate surface area is 114 Å². The molecule has 1 saturated heterocycles. The van der Waals surface area contributed by atoms with Gasteiger partial charge in [0, 0.05) is 25.8 Å². The molecule has 0 radical (unpaired) electrons. The number of rotatable bonds is 5. The highest BCUT2D eigenvalue weighted by atomic mass is 16.5. The average molecular weight is 262 g/mol. The first-order chi connectivity index (χ1) is 9.31. The first-order valence-corrected chi connectivity index (χ1v) is 7.45. The van der Waals surface area contributed by atoms with Gasteiger partial charge in [-0.05, 0) is 31.2 Å². The van der Waals surface area contributed by atoms with Crippen LogP contribution in [0.2, 0.25) is 0 Å². The van der Waals surface area contributed by atoms with Crippen LogP contribution >= 0.6 is 0 Å². The van der Waals surface area contributed by atoms with E-state index >= 15 is 0 Å². The molecular formula is C15H22N2O2. The standard InChI is InChI=1S/C15H22N2O2/c18-15(9-12-6-8-19-11-12)10-13-5-7-17(16-13)14-3-1-2-4-14/h5,7,12,14H,1-4,6,8-11H2. The van der Waals surface area contributed by atoms with E-state index in [1.54, 1.807) is 0 Å². The predicted octanol–water partition coefficient (Wildman–Crippen LogP) is 2.54. The van der Waals surface area contributed by atoms with Crippen molar-refractivity contribution >= 4 is 5.78 Å². The molecule has 1 aromatic heterocycles. The van der Waals surface area contributed by atoms with Crippen molar-refractivity contribution in [1.29, 1.82) is 0 Å². The second-order valence-corrected chi connectivity index (χ2v) is 5.87. The Bertz CT molecular complexity index is 429. The Morgan fingerprint density at radius 2 is 2.21 bits per heavy atom. The molecule has 2 heterocycles. The van der Waals surface area contributed by atoms with Crippen molar-refractivity contribution in [1.82, 2.24) is 9.78 Å². The third-order valence-electron chi connectivity index (χ3n) is 4.28. The van der Waals surface area contributed by atoms with E-state index in [-0.39, 0.29) is 0 Å². The normalized spacial score (nSPS) is 24.1. The van der Waals surface area contributed by atoms with Crippen LogP contribution in [-0.2, 0) is 16.0 Å². The number of aromatic nitrogens is 2. The molecular weight excluding hydrogens is 240 g/mol. The number of hydrogen-bond donors (Lipinski definition) is 0. The zero-order valence-electron chi connectivity index (χ0n) is 11.4. The molecule has 1 aromatic rings. The van der Waals surface area contributed by atoms with E-state index in [9.17, 15) is 4.79 Å². The third kappa shape index (κ3) is 3.24. The Kier molecular flexibility index (Phi) is 3.97. The summed E-state index contributed by atoms with van der Waals surface area (Å²) in [6.07, 6.45) is 9.27. The summed E-state index contributed by atoms with van der Waals surface area (Å²) in [6.45, 7) is 1.57. The molecule has 1 aliphatic heterocycles. The zero-order chi connectivity index (χ0) is 13.1. The van der Waals surface area contributed by atoms with Crippen molar-refractivity contribution in [3.63, 3.8) is 0 Å². The molecule has 0 N–H and O–H groups in total. The van der Waals surface area contributed by atoms with Gasteiger partial charge in [0.2, 0.25) is 0 Å². The van der Waals surface area contributed by atoms with E-state index in [1.165, 1.54) is 25.7 Å². The highest BCUT2D eigenvalue weighted by molar-refractivity contribution is 5.80. The summed E-state index contributed by atoms with van der Waals surface area (Å²) >= 11 is 0. The maximum absolute atomic E-state index is 12.0. The fourth-order valence-corrected chi connectivity index (χ4v) is 3.18. The van der Waals surface area contributed by atoms with E-state index in [4.69, 9.17) is 4.74 Å². The van der Waals surface area contributed by atoms with Crippen LogP contribution in [0.15, 0.2) is 12.3 Å².